The third-order valence-corrected chi connectivity index (χ3v) is 6.76. The molecule has 0 unspecified atom stereocenters. The lowest BCUT2D eigenvalue weighted by Gasteiger charge is -2.36. The van der Waals surface area contributed by atoms with Gasteiger partial charge in [0.25, 0.3) is 0 Å². The number of allylic oxidation sites excluding steroid dienone is 1. The van der Waals surface area contributed by atoms with Gasteiger partial charge in [0.2, 0.25) is 0 Å². The molecule has 1 saturated heterocycles. The Hall–Kier alpha value is -4.27. The van der Waals surface area contributed by atoms with Crippen LogP contribution in [-0.2, 0) is 6.42 Å². The maximum atomic E-state index is 15.3. The van der Waals surface area contributed by atoms with Crippen molar-refractivity contribution in [1.82, 2.24) is 15.0 Å². The van der Waals surface area contributed by atoms with Crippen molar-refractivity contribution in [2.45, 2.75) is 20.3 Å². The van der Waals surface area contributed by atoms with E-state index in [-0.39, 0.29) is 17.6 Å². The third kappa shape index (κ3) is 4.89. The predicted molar refractivity (Wildman–Crippen MR) is 144 cm³/mol. The van der Waals surface area contributed by atoms with Gasteiger partial charge in [-0.3, -0.25) is 9.98 Å². The van der Waals surface area contributed by atoms with Crippen LogP contribution in [-0.4, -0.2) is 53.5 Å². The lowest BCUT2D eigenvalue weighted by Crippen LogP contribution is -2.46. The fraction of sp³-hybridized carbons (Fsp3) is 0.286. The Kier molecular flexibility index (Phi) is 6.04. The summed E-state index contributed by atoms with van der Waals surface area (Å²) in [5.74, 6) is 1.74. The average Bonchev–Trinajstić information content (AvgIpc) is 3.51. The van der Waals surface area contributed by atoms with Gasteiger partial charge in [-0.1, -0.05) is 17.7 Å². The number of nitrogens with zero attached hydrogens (tertiary/aromatic N) is 6. The van der Waals surface area contributed by atoms with Gasteiger partial charge in [-0.15, -0.1) is 0 Å². The first-order valence-corrected chi connectivity index (χ1v) is 12.5. The molecule has 0 amide bonds. The summed E-state index contributed by atoms with van der Waals surface area (Å²) >= 11 is 0. The molecule has 188 valence electrons. The van der Waals surface area contributed by atoms with Crippen LogP contribution in [0.1, 0.15) is 25.0 Å². The Morgan fingerprint density at radius 1 is 0.919 bits per heavy atom. The van der Waals surface area contributed by atoms with E-state index in [0.29, 0.717) is 17.9 Å². The van der Waals surface area contributed by atoms with Gasteiger partial charge in [0.05, 0.1) is 6.54 Å². The number of rotatable bonds is 5. The highest BCUT2D eigenvalue weighted by Crippen LogP contribution is 2.34. The Labute approximate surface area is 215 Å². The standard InChI is InChI=1S/C28H28FN7O/c1-18-13-20-3-4-23(27(29)22(20)14-18)37-28-33-25(32-24-15-19(2)17-31-24)16-26(34-28)36-11-9-35(10-12-36)21-5-7-30-8-6-21/h3-8,14-16H,9-13,17H2,1-2H3,(H,31,32,33,34). The second-order valence-electron chi connectivity index (χ2n) is 9.61. The van der Waals surface area contributed by atoms with Gasteiger partial charge in [-0.05, 0) is 55.7 Å². The molecule has 2 aromatic heterocycles. The van der Waals surface area contributed by atoms with Gasteiger partial charge in [0, 0.05) is 55.9 Å². The molecular formula is C28H28FN7O. The zero-order valence-corrected chi connectivity index (χ0v) is 20.9. The molecule has 1 N–H and O–H groups in total. The van der Waals surface area contributed by atoms with Crippen LogP contribution in [0.5, 0.6) is 11.8 Å². The van der Waals surface area contributed by atoms with E-state index in [2.05, 4.69) is 35.1 Å². The normalized spacial score (nSPS) is 16.8. The minimum Gasteiger partial charge on any atom is -0.421 e. The summed E-state index contributed by atoms with van der Waals surface area (Å²) in [7, 11) is 0. The molecule has 37 heavy (non-hydrogen) atoms. The number of fused-ring (bicyclic) bond motifs is 1. The molecule has 0 saturated carbocycles. The molecule has 6 rings (SSSR count). The van der Waals surface area contributed by atoms with E-state index >= 15 is 4.39 Å². The number of benzene rings is 1. The molecule has 1 aromatic carbocycles. The molecule has 3 aromatic rings. The largest absolute Gasteiger partial charge is 0.421 e. The quantitative estimate of drug-likeness (QED) is 0.539. The number of aliphatic imine (C=N–C) groups is 1. The van der Waals surface area contributed by atoms with Crippen molar-refractivity contribution in [2.75, 3.05) is 47.8 Å². The molecule has 2 aliphatic heterocycles. The highest BCUT2D eigenvalue weighted by Gasteiger charge is 2.22. The van der Waals surface area contributed by atoms with E-state index < -0.39 is 0 Å². The lowest BCUT2D eigenvalue weighted by molar-refractivity contribution is 0.410. The summed E-state index contributed by atoms with van der Waals surface area (Å²) in [5.41, 5.74) is 5.00. The first-order valence-electron chi connectivity index (χ1n) is 12.5. The number of amidine groups is 1. The SMILES string of the molecule is CC1=CC(Nc2cc(N3CCN(c4ccncc4)CC3)nc(Oc3ccc4c(c3F)C=C(C)C4)n2)=NC1. The molecule has 8 nitrogen and oxygen atoms in total. The summed E-state index contributed by atoms with van der Waals surface area (Å²) in [4.78, 5) is 22.3. The Morgan fingerprint density at radius 3 is 2.46 bits per heavy atom. The maximum Gasteiger partial charge on any atom is 0.326 e. The van der Waals surface area contributed by atoms with Gasteiger partial charge in [-0.25, -0.2) is 4.39 Å². The number of pyridine rings is 1. The monoisotopic (exact) mass is 497 g/mol. The van der Waals surface area contributed by atoms with Crippen LogP contribution in [0.2, 0.25) is 0 Å². The van der Waals surface area contributed by atoms with Crippen molar-refractivity contribution in [3.8, 4) is 11.8 Å². The third-order valence-electron chi connectivity index (χ3n) is 6.76. The van der Waals surface area contributed by atoms with Crippen LogP contribution in [0.25, 0.3) is 6.08 Å². The second-order valence-corrected chi connectivity index (χ2v) is 9.61. The zero-order valence-electron chi connectivity index (χ0n) is 20.9. The minimum atomic E-state index is -0.387. The Bertz CT molecular complexity index is 1430. The van der Waals surface area contributed by atoms with E-state index in [1.54, 1.807) is 6.07 Å². The van der Waals surface area contributed by atoms with Crippen molar-refractivity contribution in [3.63, 3.8) is 0 Å². The van der Waals surface area contributed by atoms with E-state index in [0.717, 1.165) is 61.1 Å². The van der Waals surface area contributed by atoms with Gasteiger partial charge in [0.15, 0.2) is 11.6 Å². The number of ether oxygens (including phenoxy) is 1. The number of hydrogen-bond acceptors (Lipinski definition) is 8. The first kappa shape index (κ1) is 23.1. The van der Waals surface area contributed by atoms with Gasteiger partial charge >= 0.3 is 6.01 Å². The number of piperazine rings is 1. The zero-order chi connectivity index (χ0) is 25.4. The molecule has 0 radical (unpaired) electrons. The first-order chi connectivity index (χ1) is 18.0. The number of aromatic nitrogens is 3. The average molecular weight is 498 g/mol. The van der Waals surface area contributed by atoms with Gasteiger partial charge < -0.3 is 19.9 Å². The van der Waals surface area contributed by atoms with Crippen LogP contribution < -0.4 is 19.9 Å². The fourth-order valence-electron chi connectivity index (χ4n) is 4.87. The van der Waals surface area contributed by atoms with Crippen LogP contribution >= 0.6 is 0 Å². The van der Waals surface area contributed by atoms with Crippen LogP contribution in [0, 0.1) is 5.82 Å². The van der Waals surface area contributed by atoms with E-state index in [1.807, 2.05) is 62.7 Å². The van der Waals surface area contributed by atoms with Crippen molar-refractivity contribution >= 4 is 29.2 Å². The molecule has 4 heterocycles. The number of nitrogens with one attached hydrogen (secondary N) is 1. The molecule has 0 atom stereocenters. The van der Waals surface area contributed by atoms with Crippen molar-refractivity contribution in [1.29, 1.82) is 0 Å². The highest BCUT2D eigenvalue weighted by molar-refractivity contribution is 6.05. The molecule has 1 aliphatic carbocycles. The fourth-order valence-corrected chi connectivity index (χ4v) is 4.87. The molecule has 0 spiro atoms. The molecule has 9 heteroatoms. The summed E-state index contributed by atoms with van der Waals surface area (Å²) in [6.07, 6.45) is 8.24. The smallest absolute Gasteiger partial charge is 0.326 e. The molecule has 1 fully saturated rings. The van der Waals surface area contributed by atoms with Gasteiger partial charge in [-0.2, -0.15) is 9.97 Å². The summed E-state index contributed by atoms with van der Waals surface area (Å²) < 4.78 is 21.2. The van der Waals surface area contributed by atoms with Crippen LogP contribution in [0.4, 0.5) is 21.7 Å². The summed E-state index contributed by atoms with van der Waals surface area (Å²) in [5, 5.41) is 3.27. The Balaban J connectivity index is 1.27. The summed E-state index contributed by atoms with van der Waals surface area (Å²) in [6, 6.07) is 9.59. The van der Waals surface area contributed by atoms with E-state index in [9.17, 15) is 0 Å². The maximum absolute atomic E-state index is 15.3. The van der Waals surface area contributed by atoms with E-state index in [4.69, 9.17) is 4.74 Å². The van der Waals surface area contributed by atoms with Gasteiger partial charge in [0.1, 0.15) is 17.5 Å². The molecule has 0 bridgehead atoms. The van der Waals surface area contributed by atoms with Crippen molar-refractivity contribution < 1.29 is 9.13 Å². The summed E-state index contributed by atoms with van der Waals surface area (Å²) in [6.45, 7) is 7.92. The van der Waals surface area contributed by atoms with Crippen LogP contribution in [0.3, 0.4) is 0 Å². The topological polar surface area (TPSA) is 78.8 Å². The minimum absolute atomic E-state index is 0.0911. The second kappa shape index (κ2) is 9.65. The van der Waals surface area contributed by atoms with Crippen LogP contribution in [0.15, 0.2) is 64.9 Å². The van der Waals surface area contributed by atoms with E-state index in [1.165, 1.54) is 5.57 Å². The predicted octanol–water partition coefficient (Wildman–Crippen LogP) is 4.86. The van der Waals surface area contributed by atoms with Crippen molar-refractivity contribution in [2.24, 2.45) is 4.99 Å². The number of anilines is 3. The van der Waals surface area contributed by atoms with Crippen molar-refractivity contribution in [3.05, 3.63) is 76.9 Å². The Morgan fingerprint density at radius 2 is 1.70 bits per heavy atom. The molecular weight excluding hydrogens is 469 g/mol. The lowest BCUT2D eigenvalue weighted by atomic mass is 10.1. The highest BCUT2D eigenvalue weighted by atomic mass is 19.1. The number of halogens is 1. The molecule has 3 aliphatic rings. The number of hydrogen-bond donors (Lipinski definition) is 1.